The average Bonchev–Trinajstić information content (AvgIpc) is 2.80. The number of rotatable bonds is 28. The van der Waals surface area contributed by atoms with Crippen LogP contribution in [0.5, 0.6) is 0 Å². The Labute approximate surface area is 227 Å². The maximum absolute atomic E-state index is 12.1. The van der Waals surface area contributed by atoms with Crippen molar-refractivity contribution in [1.29, 1.82) is 0 Å². The van der Waals surface area contributed by atoms with Crippen LogP contribution in [0.3, 0.4) is 0 Å². The van der Waals surface area contributed by atoms with E-state index in [2.05, 4.69) is 24.1 Å². The molecular formula is C28H61AsO6P+. The van der Waals surface area contributed by atoms with Crippen LogP contribution in [0.2, 0.25) is 22.3 Å². The minimum absolute atomic E-state index is 0.0839. The van der Waals surface area contributed by atoms with Crippen LogP contribution >= 0.6 is 7.82 Å². The number of ether oxygens (including phenoxy) is 2. The number of unbranched alkanes of at least 4 members (excludes halogenated alkanes) is 15. The molecular weight excluding hydrogens is 538 g/mol. The van der Waals surface area contributed by atoms with Crippen molar-refractivity contribution in [2.45, 2.75) is 132 Å². The molecule has 8 heteroatoms. The van der Waals surface area contributed by atoms with Gasteiger partial charge in [0.25, 0.3) is 0 Å². The van der Waals surface area contributed by atoms with Crippen molar-refractivity contribution in [2.24, 2.45) is 5.92 Å². The topological polar surface area (TPSA) is 74.2 Å². The molecule has 36 heavy (non-hydrogen) atoms. The van der Waals surface area contributed by atoms with E-state index in [0.29, 0.717) is 19.8 Å². The van der Waals surface area contributed by atoms with E-state index >= 15 is 0 Å². The first-order valence-corrected chi connectivity index (χ1v) is 23.1. The van der Waals surface area contributed by atoms with Crippen LogP contribution in [0, 0.1) is 5.92 Å². The van der Waals surface area contributed by atoms with Crippen LogP contribution in [0.1, 0.15) is 110 Å². The van der Waals surface area contributed by atoms with Crippen molar-refractivity contribution < 1.29 is 28.0 Å². The molecule has 0 bridgehead atoms. The molecule has 0 aliphatic heterocycles. The summed E-state index contributed by atoms with van der Waals surface area (Å²) >= 11 is -1.64. The van der Waals surface area contributed by atoms with Crippen molar-refractivity contribution >= 4 is 21.4 Å². The van der Waals surface area contributed by atoms with Gasteiger partial charge in [-0.05, 0) is 0 Å². The molecule has 0 aromatic rings. The molecule has 0 rings (SSSR count). The van der Waals surface area contributed by atoms with Crippen molar-refractivity contribution in [3.63, 3.8) is 0 Å². The van der Waals surface area contributed by atoms with Crippen LogP contribution in [-0.2, 0) is 23.1 Å². The van der Waals surface area contributed by atoms with E-state index in [1.165, 1.54) is 96.3 Å². The molecule has 0 heterocycles. The van der Waals surface area contributed by atoms with Gasteiger partial charge >= 0.3 is 131 Å². The molecule has 0 saturated heterocycles. The van der Waals surface area contributed by atoms with Gasteiger partial charge in [0.1, 0.15) is 0 Å². The van der Waals surface area contributed by atoms with Crippen LogP contribution in [-0.4, -0.2) is 58.6 Å². The molecule has 2 unspecified atom stereocenters. The number of phosphoric acid groups is 1. The van der Waals surface area contributed by atoms with E-state index in [4.69, 9.17) is 18.5 Å². The summed E-state index contributed by atoms with van der Waals surface area (Å²) < 4.78 is 33.4. The van der Waals surface area contributed by atoms with E-state index in [9.17, 15) is 9.46 Å². The third-order valence-corrected chi connectivity index (χ3v) is 10.6. The zero-order valence-electron chi connectivity index (χ0n) is 24.5. The van der Waals surface area contributed by atoms with Crippen molar-refractivity contribution in [3.8, 4) is 0 Å². The van der Waals surface area contributed by atoms with Crippen molar-refractivity contribution in [1.82, 2.24) is 0 Å². The summed E-state index contributed by atoms with van der Waals surface area (Å²) in [6, 6.07) is 0. The Morgan fingerprint density at radius 3 is 1.58 bits per heavy atom. The Morgan fingerprint density at radius 2 is 1.14 bits per heavy atom. The molecule has 0 saturated carbocycles. The molecule has 0 amide bonds. The summed E-state index contributed by atoms with van der Waals surface area (Å²) in [5.41, 5.74) is 6.70. The molecule has 0 aromatic heterocycles. The van der Waals surface area contributed by atoms with Gasteiger partial charge in [-0.25, -0.2) is 0 Å². The molecule has 0 fully saturated rings. The molecule has 0 radical (unpaired) electrons. The third-order valence-electron chi connectivity index (χ3n) is 6.39. The molecule has 0 spiro atoms. The molecule has 218 valence electrons. The molecule has 6 nitrogen and oxygen atoms in total. The standard InChI is InChI=1S/C28H60AsO6P/c1-6-7-8-9-10-11-12-13-14-15-16-17-18-19-20-21-23-33-26-28(25-32-5)27-35-36(30,31)34-24-22-29(2,3)4/h28H,6-27H2,1-5H3/p+1. The van der Waals surface area contributed by atoms with Gasteiger partial charge in [0.15, 0.2) is 0 Å². The zero-order chi connectivity index (χ0) is 27.0. The molecule has 0 aliphatic rings. The van der Waals surface area contributed by atoms with Gasteiger partial charge in [-0.15, -0.1) is 0 Å². The van der Waals surface area contributed by atoms with Gasteiger partial charge in [-0.3, -0.25) is 0 Å². The second-order valence-electron chi connectivity index (χ2n) is 11.3. The first-order chi connectivity index (χ1) is 17.2. The Hall–Kier alpha value is 0.588. The molecule has 1 N–H and O–H groups in total. The summed E-state index contributed by atoms with van der Waals surface area (Å²) in [5, 5.41) is 0.857. The fourth-order valence-electron chi connectivity index (χ4n) is 4.05. The van der Waals surface area contributed by atoms with Crippen LogP contribution in [0.15, 0.2) is 0 Å². The van der Waals surface area contributed by atoms with E-state index in [1.54, 1.807) is 7.11 Å². The quantitative estimate of drug-likeness (QED) is 0.0550. The van der Waals surface area contributed by atoms with E-state index in [0.717, 1.165) is 11.6 Å². The van der Waals surface area contributed by atoms with Gasteiger partial charge in [0.05, 0.1) is 0 Å². The van der Waals surface area contributed by atoms with Gasteiger partial charge < -0.3 is 0 Å². The Kier molecular flexibility index (Phi) is 25.0. The molecule has 0 aliphatic carbocycles. The number of methoxy groups -OCH3 is 1. The minimum atomic E-state index is -4.02. The number of phosphoric ester groups is 1. The van der Waals surface area contributed by atoms with Crippen molar-refractivity contribution in [3.05, 3.63) is 0 Å². The second-order valence-corrected chi connectivity index (χ2v) is 23.3. The van der Waals surface area contributed by atoms with Gasteiger partial charge in [0.2, 0.25) is 0 Å². The van der Waals surface area contributed by atoms with Crippen LogP contribution < -0.4 is 0 Å². The van der Waals surface area contributed by atoms with Crippen LogP contribution in [0.25, 0.3) is 0 Å². The Bertz CT molecular complexity index is 515. The normalized spacial score (nSPS) is 14.7. The van der Waals surface area contributed by atoms with Gasteiger partial charge in [0, 0.05) is 0 Å². The predicted molar refractivity (Wildman–Crippen MR) is 156 cm³/mol. The molecule has 2 atom stereocenters. The van der Waals surface area contributed by atoms with Gasteiger partial charge in [-0.1, -0.05) is 96.8 Å². The van der Waals surface area contributed by atoms with E-state index in [1.807, 2.05) is 0 Å². The first-order valence-electron chi connectivity index (χ1n) is 14.7. The molecule has 0 aromatic carbocycles. The second kappa shape index (κ2) is 24.6. The summed E-state index contributed by atoms with van der Waals surface area (Å²) in [6.45, 7) is 4.24. The van der Waals surface area contributed by atoms with E-state index in [-0.39, 0.29) is 19.1 Å². The SMILES string of the molecule is CCCCCCCCCCCCCCCCCCOCC(COC)COP(=O)(O)OCC[As+](C)(C)C. The fraction of sp³-hybridized carbons (Fsp3) is 1.00. The average molecular weight is 600 g/mol. The number of hydrogen-bond donors (Lipinski definition) is 1. The van der Waals surface area contributed by atoms with Crippen LogP contribution in [0.4, 0.5) is 0 Å². The van der Waals surface area contributed by atoms with E-state index < -0.39 is 21.4 Å². The maximum atomic E-state index is 12.1. The Balaban J connectivity index is 3.59. The van der Waals surface area contributed by atoms with Crippen molar-refractivity contribution in [2.75, 3.05) is 40.1 Å². The Morgan fingerprint density at radius 1 is 0.667 bits per heavy atom. The third kappa shape index (κ3) is 27.6. The fourth-order valence-corrected chi connectivity index (χ4v) is 6.50. The zero-order valence-corrected chi connectivity index (χ0v) is 27.3. The van der Waals surface area contributed by atoms with Gasteiger partial charge in [-0.2, -0.15) is 0 Å². The summed E-state index contributed by atoms with van der Waals surface area (Å²) in [7, 11) is -2.40. The number of hydrogen-bond acceptors (Lipinski definition) is 5. The summed E-state index contributed by atoms with van der Waals surface area (Å²) in [5.74, 6) is -0.0839. The predicted octanol–water partition coefficient (Wildman–Crippen LogP) is 9.00. The summed E-state index contributed by atoms with van der Waals surface area (Å²) in [6.07, 6.45) is 21.7. The monoisotopic (exact) mass is 599 g/mol. The summed E-state index contributed by atoms with van der Waals surface area (Å²) in [4.78, 5) is 9.90. The first kappa shape index (κ1) is 36.6.